The van der Waals surface area contributed by atoms with Gasteiger partial charge in [-0.1, -0.05) is 0 Å². The molecular formula is C20H24N2O3S. The highest BCUT2D eigenvalue weighted by Gasteiger charge is 2.30. The first-order valence-electron chi connectivity index (χ1n) is 8.76. The fourth-order valence-electron chi connectivity index (χ4n) is 3.10. The van der Waals surface area contributed by atoms with E-state index in [0.717, 1.165) is 19.4 Å². The van der Waals surface area contributed by atoms with Crippen molar-refractivity contribution < 1.29 is 14.3 Å². The summed E-state index contributed by atoms with van der Waals surface area (Å²) in [7, 11) is 0. The van der Waals surface area contributed by atoms with Gasteiger partial charge in [0.2, 0.25) is 0 Å². The molecule has 1 aliphatic heterocycles. The van der Waals surface area contributed by atoms with E-state index in [0.29, 0.717) is 11.3 Å². The maximum atomic E-state index is 12.9. The highest BCUT2D eigenvalue weighted by atomic mass is 32.1. The summed E-state index contributed by atoms with van der Waals surface area (Å²) in [5, 5.41) is 6.84. The van der Waals surface area contributed by atoms with E-state index in [4.69, 9.17) is 4.74 Å². The lowest BCUT2D eigenvalue weighted by Gasteiger charge is -2.24. The maximum absolute atomic E-state index is 12.9. The van der Waals surface area contributed by atoms with Gasteiger partial charge in [0.25, 0.3) is 5.91 Å². The van der Waals surface area contributed by atoms with Crippen LogP contribution in [0, 0.1) is 0 Å². The monoisotopic (exact) mass is 372 g/mol. The molecule has 6 heteroatoms. The Kier molecular flexibility index (Phi) is 5.32. The summed E-state index contributed by atoms with van der Waals surface area (Å²) in [4.78, 5) is 26.7. The molecule has 0 saturated carbocycles. The van der Waals surface area contributed by atoms with Gasteiger partial charge in [-0.3, -0.25) is 10.1 Å². The minimum Gasteiger partial charge on any atom is -0.444 e. The summed E-state index contributed by atoms with van der Waals surface area (Å²) >= 11 is 1.66. The predicted molar refractivity (Wildman–Crippen MR) is 104 cm³/mol. The minimum absolute atomic E-state index is 0.0301. The van der Waals surface area contributed by atoms with E-state index in [1.54, 1.807) is 35.6 Å². The second-order valence-electron chi connectivity index (χ2n) is 7.42. The molecule has 1 N–H and O–H groups in total. The summed E-state index contributed by atoms with van der Waals surface area (Å²) in [5.41, 5.74) is 1.89. The van der Waals surface area contributed by atoms with Gasteiger partial charge < -0.3 is 9.64 Å². The number of nitrogens with zero attached hydrogens (tertiary/aromatic N) is 1. The van der Waals surface area contributed by atoms with Gasteiger partial charge in [0.15, 0.2) is 0 Å². The number of ether oxygens (including phenoxy) is 1. The van der Waals surface area contributed by atoms with Crippen molar-refractivity contribution in [3.63, 3.8) is 0 Å². The smallest absolute Gasteiger partial charge is 0.412 e. The van der Waals surface area contributed by atoms with E-state index in [1.165, 1.54) is 5.56 Å². The highest BCUT2D eigenvalue weighted by molar-refractivity contribution is 7.08. The van der Waals surface area contributed by atoms with Crippen LogP contribution in [0.3, 0.4) is 0 Å². The molecule has 2 heterocycles. The van der Waals surface area contributed by atoms with Crippen molar-refractivity contribution in [2.75, 3.05) is 11.9 Å². The van der Waals surface area contributed by atoms with Crippen molar-refractivity contribution >= 4 is 29.0 Å². The highest BCUT2D eigenvalue weighted by Crippen LogP contribution is 2.34. The molecule has 5 nitrogen and oxygen atoms in total. The largest absolute Gasteiger partial charge is 0.444 e. The van der Waals surface area contributed by atoms with Crippen molar-refractivity contribution in [1.82, 2.24) is 4.90 Å². The van der Waals surface area contributed by atoms with Gasteiger partial charge in [-0.2, -0.15) is 11.3 Å². The molecule has 2 amide bonds. The Bertz CT molecular complexity index is 763. The molecule has 0 bridgehead atoms. The molecule has 0 unspecified atom stereocenters. The number of amides is 2. The Morgan fingerprint density at radius 3 is 2.54 bits per heavy atom. The number of hydrogen-bond donors (Lipinski definition) is 1. The normalized spacial score (nSPS) is 17.2. The number of benzene rings is 1. The number of anilines is 1. The molecule has 0 spiro atoms. The van der Waals surface area contributed by atoms with Gasteiger partial charge in [0.1, 0.15) is 5.60 Å². The molecule has 0 aliphatic carbocycles. The van der Waals surface area contributed by atoms with Crippen LogP contribution >= 0.6 is 11.3 Å². The Hall–Kier alpha value is -2.34. The molecule has 3 rings (SSSR count). The van der Waals surface area contributed by atoms with Crippen LogP contribution in [0.1, 0.15) is 55.6 Å². The molecule has 138 valence electrons. The van der Waals surface area contributed by atoms with E-state index in [1.807, 2.05) is 31.1 Å². The number of carbonyl (C=O) groups excluding carboxylic acids is 2. The molecule has 0 radical (unpaired) electrons. The van der Waals surface area contributed by atoms with Crippen molar-refractivity contribution in [3.05, 3.63) is 52.2 Å². The van der Waals surface area contributed by atoms with Crippen LogP contribution in [-0.2, 0) is 4.74 Å². The van der Waals surface area contributed by atoms with E-state index in [9.17, 15) is 9.59 Å². The summed E-state index contributed by atoms with van der Waals surface area (Å²) in [6.07, 6.45) is 1.51. The Morgan fingerprint density at radius 2 is 1.92 bits per heavy atom. The second kappa shape index (κ2) is 7.50. The maximum Gasteiger partial charge on any atom is 0.412 e. The van der Waals surface area contributed by atoms with E-state index < -0.39 is 11.7 Å². The zero-order chi connectivity index (χ0) is 18.7. The van der Waals surface area contributed by atoms with Gasteiger partial charge in [0.05, 0.1) is 6.04 Å². The molecular weight excluding hydrogens is 348 g/mol. The zero-order valence-corrected chi connectivity index (χ0v) is 16.1. The van der Waals surface area contributed by atoms with Crippen LogP contribution in [0.4, 0.5) is 10.5 Å². The molecule has 1 fully saturated rings. The number of carbonyl (C=O) groups is 2. The molecule has 1 saturated heterocycles. The number of hydrogen-bond acceptors (Lipinski definition) is 4. The first kappa shape index (κ1) is 18.5. The number of nitrogens with one attached hydrogen (secondary N) is 1. The fraction of sp³-hybridized carbons (Fsp3) is 0.400. The first-order chi connectivity index (χ1) is 12.3. The van der Waals surface area contributed by atoms with Crippen molar-refractivity contribution in [2.24, 2.45) is 0 Å². The topological polar surface area (TPSA) is 58.6 Å². The average molecular weight is 372 g/mol. The molecule has 1 atom stereocenters. The Balaban J connectivity index is 1.66. The van der Waals surface area contributed by atoms with E-state index >= 15 is 0 Å². The van der Waals surface area contributed by atoms with Gasteiger partial charge in [-0.25, -0.2) is 4.79 Å². The molecule has 1 aromatic heterocycles. The SMILES string of the molecule is CC(C)(C)OC(=O)Nc1ccc(C(=O)N2CCC[C@@H]2c2ccsc2)cc1. The fourth-order valence-corrected chi connectivity index (χ4v) is 3.81. The van der Waals surface area contributed by atoms with Crippen LogP contribution in [0.15, 0.2) is 41.1 Å². The van der Waals surface area contributed by atoms with Gasteiger partial charge >= 0.3 is 6.09 Å². The third-order valence-electron chi connectivity index (χ3n) is 4.22. The van der Waals surface area contributed by atoms with E-state index in [-0.39, 0.29) is 11.9 Å². The number of thiophene rings is 1. The second-order valence-corrected chi connectivity index (χ2v) is 8.20. The van der Waals surface area contributed by atoms with Crippen LogP contribution in [0.25, 0.3) is 0 Å². The van der Waals surface area contributed by atoms with Crippen molar-refractivity contribution in [2.45, 2.75) is 45.3 Å². The zero-order valence-electron chi connectivity index (χ0n) is 15.3. The third-order valence-corrected chi connectivity index (χ3v) is 4.92. The van der Waals surface area contributed by atoms with Gasteiger partial charge in [-0.15, -0.1) is 0 Å². The van der Waals surface area contributed by atoms with E-state index in [2.05, 4.69) is 16.8 Å². The van der Waals surface area contributed by atoms with Gasteiger partial charge in [0, 0.05) is 17.8 Å². The van der Waals surface area contributed by atoms with Crippen LogP contribution in [0.2, 0.25) is 0 Å². The summed E-state index contributed by atoms with van der Waals surface area (Å²) < 4.78 is 5.23. The van der Waals surface area contributed by atoms with Crippen LogP contribution < -0.4 is 5.32 Å². The van der Waals surface area contributed by atoms with Crippen LogP contribution in [-0.4, -0.2) is 29.0 Å². The Morgan fingerprint density at radius 1 is 1.19 bits per heavy atom. The lowest BCUT2D eigenvalue weighted by atomic mass is 10.1. The molecule has 26 heavy (non-hydrogen) atoms. The van der Waals surface area contributed by atoms with Crippen LogP contribution in [0.5, 0.6) is 0 Å². The Labute approximate surface area is 158 Å². The lowest BCUT2D eigenvalue weighted by Crippen LogP contribution is -2.30. The average Bonchev–Trinajstić information content (AvgIpc) is 3.24. The van der Waals surface area contributed by atoms with Crippen molar-refractivity contribution in [3.8, 4) is 0 Å². The quantitative estimate of drug-likeness (QED) is 0.818. The predicted octanol–water partition coefficient (Wildman–Crippen LogP) is 5.07. The van der Waals surface area contributed by atoms with Gasteiger partial charge in [-0.05, 0) is 80.3 Å². The molecule has 1 aliphatic rings. The standard InChI is InChI=1S/C20H24N2O3S/c1-20(2,3)25-19(24)21-16-8-6-14(7-9-16)18(23)22-11-4-5-17(22)15-10-12-26-13-15/h6-10,12-13,17H,4-5,11H2,1-3H3,(H,21,24)/t17-/m1/s1. The first-order valence-corrected chi connectivity index (χ1v) is 9.71. The third kappa shape index (κ3) is 4.43. The number of rotatable bonds is 3. The molecule has 2 aromatic rings. The minimum atomic E-state index is -0.549. The summed E-state index contributed by atoms with van der Waals surface area (Å²) in [6.45, 7) is 6.22. The summed E-state index contributed by atoms with van der Waals surface area (Å²) in [6, 6.07) is 9.21. The van der Waals surface area contributed by atoms with Crippen molar-refractivity contribution in [1.29, 1.82) is 0 Å². The molecule has 1 aromatic carbocycles. The lowest BCUT2D eigenvalue weighted by molar-refractivity contribution is 0.0635. The summed E-state index contributed by atoms with van der Waals surface area (Å²) in [5.74, 6) is 0.0301. The number of likely N-dealkylation sites (tertiary alicyclic amines) is 1.